The van der Waals surface area contributed by atoms with E-state index in [1.54, 1.807) is 0 Å². The Kier molecular flexibility index (Phi) is 7.39. The van der Waals surface area contributed by atoms with Gasteiger partial charge < -0.3 is 10.7 Å². The number of hydrogen-bond donors (Lipinski definition) is 2. The van der Waals surface area contributed by atoms with Crippen LogP contribution in [0, 0.1) is 5.41 Å². The molecule has 0 aromatic heterocycles. The number of nitrogens with one attached hydrogen (secondary N) is 2. The lowest BCUT2D eigenvalue weighted by atomic mass is 10.2. The molecule has 0 heterocycles. The van der Waals surface area contributed by atoms with Gasteiger partial charge >= 0.3 is 0 Å². The quantitative estimate of drug-likeness (QED) is 0.452. The van der Waals surface area contributed by atoms with Crippen LogP contribution in [0.3, 0.4) is 0 Å². The summed E-state index contributed by atoms with van der Waals surface area (Å²) in [5.41, 5.74) is 0.997. The highest BCUT2D eigenvalue weighted by atomic mass is 127. The van der Waals surface area contributed by atoms with Gasteiger partial charge in [-0.1, -0.05) is 48.6 Å². The Hall–Kier alpha value is -0.160. The molecule has 0 fully saturated rings. The summed E-state index contributed by atoms with van der Waals surface area (Å²) in [6.07, 6.45) is 5.25. The highest BCUT2D eigenvalue weighted by molar-refractivity contribution is 14.1. The first kappa shape index (κ1) is 11.8. The fourth-order valence-electron chi connectivity index (χ4n) is 0.640. The van der Waals surface area contributed by atoms with Crippen molar-refractivity contribution in [3.8, 4) is 0 Å². The van der Waals surface area contributed by atoms with Crippen LogP contribution in [0.25, 0.3) is 0 Å². The van der Waals surface area contributed by atoms with Crippen LogP contribution >= 0.6 is 22.6 Å². The van der Waals surface area contributed by atoms with Crippen LogP contribution in [0.4, 0.5) is 0 Å². The molecule has 0 aliphatic rings. The molecular formula is C9H15IN2. The Labute approximate surface area is 87.8 Å². The van der Waals surface area contributed by atoms with Crippen LogP contribution in [0.1, 0.15) is 13.8 Å². The van der Waals surface area contributed by atoms with E-state index in [-0.39, 0.29) is 0 Å². The van der Waals surface area contributed by atoms with Gasteiger partial charge in [0.15, 0.2) is 0 Å². The van der Waals surface area contributed by atoms with Crippen molar-refractivity contribution in [3.63, 3.8) is 0 Å². The number of allylic oxidation sites excluding steroid dienone is 2. The van der Waals surface area contributed by atoms with Crippen molar-refractivity contribution in [3.05, 3.63) is 21.8 Å². The lowest BCUT2D eigenvalue weighted by Gasteiger charge is -2.06. The van der Waals surface area contributed by atoms with Gasteiger partial charge in [-0.15, -0.1) is 0 Å². The molecule has 0 unspecified atom stereocenters. The van der Waals surface area contributed by atoms with E-state index in [4.69, 9.17) is 5.41 Å². The SMILES string of the molecule is CC(C)NC/C(C=N)=C/C=C\I. The first-order valence-electron chi connectivity index (χ1n) is 3.90. The monoisotopic (exact) mass is 278 g/mol. The fourth-order valence-corrected chi connectivity index (χ4v) is 0.848. The van der Waals surface area contributed by atoms with Crippen molar-refractivity contribution < 1.29 is 0 Å². The summed E-state index contributed by atoms with van der Waals surface area (Å²) >= 11 is 2.16. The molecule has 68 valence electrons. The van der Waals surface area contributed by atoms with Crippen molar-refractivity contribution in [2.45, 2.75) is 19.9 Å². The molecule has 0 amide bonds. The van der Waals surface area contributed by atoms with Gasteiger partial charge in [0, 0.05) is 18.8 Å². The second kappa shape index (κ2) is 7.49. The molecule has 0 aromatic rings. The molecule has 0 saturated carbocycles. The minimum absolute atomic E-state index is 0.469. The standard InChI is InChI=1S/C9H15IN2/c1-8(2)12-7-9(6-11)4-3-5-10/h3-6,8,11-12H,7H2,1-2H3/b5-3-,9-4+,11-6?. The molecule has 0 spiro atoms. The van der Waals surface area contributed by atoms with Gasteiger partial charge in [0.2, 0.25) is 0 Å². The van der Waals surface area contributed by atoms with Gasteiger partial charge in [-0.05, 0) is 9.66 Å². The van der Waals surface area contributed by atoms with Crippen molar-refractivity contribution in [2.24, 2.45) is 0 Å². The van der Waals surface area contributed by atoms with E-state index in [2.05, 4.69) is 41.8 Å². The molecule has 3 heteroatoms. The molecule has 2 N–H and O–H groups in total. The van der Waals surface area contributed by atoms with Crippen molar-refractivity contribution in [1.29, 1.82) is 5.41 Å². The normalized spacial score (nSPS) is 12.8. The average Bonchev–Trinajstić information content (AvgIpc) is 2.05. The Bertz CT molecular complexity index is 183. The second-order valence-corrected chi connectivity index (χ2v) is 3.46. The fraction of sp³-hybridized carbons (Fsp3) is 0.444. The molecule has 0 radical (unpaired) electrons. The van der Waals surface area contributed by atoms with Gasteiger partial charge in [-0.2, -0.15) is 0 Å². The molecule has 0 aromatic carbocycles. The zero-order valence-electron chi connectivity index (χ0n) is 7.47. The number of halogens is 1. The van der Waals surface area contributed by atoms with Crippen LogP contribution in [-0.2, 0) is 0 Å². The molecule has 0 aliphatic heterocycles. The Morgan fingerprint density at radius 1 is 1.58 bits per heavy atom. The van der Waals surface area contributed by atoms with E-state index in [1.807, 2.05) is 16.2 Å². The van der Waals surface area contributed by atoms with Crippen molar-refractivity contribution in [2.75, 3.05) is 6.54 Å². The van der Waals surface area contributed by atoms with Gasteiger partial charge in [0.25, 0.3) is 0 Å². The second-order valence-electron chi connectivity index (χ2n) is 2.74. The maximum absolute atomic E-state index is 7.11. The molecule has 0 bridgehead atoms. The minimum Gasteiger partial charge on any atom is -0.310 e. The predicted molar refractivity (Wildman–Crippen MR) is 63.2 cm³/mol. The van der Waals surface area contributed by atoms with E-state index in [0.29, 0.717) is 6.04 Å². The summed E-state index contributed by atoms with van der Waals surface area (Å²) < 4.78 is 1.93. The largest absolute Gasteiger partial charge is 0.310 e. The smallest absolute Gasteiger partial charge is 0.0222 e. The molecule has 0 saturated heterocycles. The Morgan fingerprint density at radius 2 is 2.25 bits per heavy atom. The Morgan fingerprint density at radius 3 is 2.67 bits per heavy atom. The van der Waals surface area contributed by atoms with Crippen LogP contribution in [0.15, 0.2) is 21.8 Å². The maximum Gasteiger partial charge on any atom is 0.0222 e. The van der Waals surface area contributed by atoms with Crippen molar-refractivity contribution in [1.82, 2.24) is 5.32 Å². The third-order valence-electron chi connectivity index (χ3n) is 1.28. The summed E-state index contributed by atoms with van der Waals surface area (Å²) in [5.74, 6) is 0. The lowest BCUT2D eigenvalue weighted by molar-refractivity contribution is 0.628. The molecule has 0 aliphatic carbocycles. The summed E-state index contributed by atoms with van der Waals surface area (Å²) in [4.78, 5) is 0. The maximum atomic E-state index is 7.11. The van der Waals surface area contributed by atoms with Crippen molar-refractivity contribution >= 4 is 28.8 Å². The minimum atomic E-state index is 0.469. The summed E-state index contributed by atoms with van der Waals surface area (Å²) in [6, 6.07) is 0.469. The van der Waals surface area contributed by atoms with Gasteiger partial charge in [0.05, 0.1) is 0 Å². The summed E-state index contributed by atoms with van der Waals surface area (Å²) in [5, 5.41) is 10.4. The Balaban J connectivity index is 3.91. The summed E-state index contributed by atoms with van der Waals surface area (Å²) in [6.45, 7) is 4.95. The van der Waals surface area contributed by atoms with Gasteiger partial charge in [0.1, 0.15) is 0 Å². The number of hydrogen-bond acceptors (Lipinski definition) is 2. The third-order valence-corrected chi connectivity index (χ3v) is 1.70. The summed E-state index contributed by atoms with van der Waals surface area (Å²) in [7, 11) is 0. The topological polar surface area (TPSA) is 35.9 Å². The predicted octanol–water partition coefficient (Wildman–Crippen LogP) is 2.51. The van der Waals surface area contributed by atoms with E-state index < -0.39 is 0 Å². The third kappa shape index (κ3) is 6.54. The van der Waals surface area contributed by atoms with Crippen LogP contribution < -0.4 is 5.32 Å². The van der Waals surface area contributed by atoms with E-state index in [0.717, 1.165) is 12.1 Å². The molecule has 2 nitrogen and oxygen atoms in total. The number of rotatable bonds is 5. The van der Waals surface area contributed by atoms with Gasteiger partial charge in [-0.25, -0.2) is 0 Å². The zero-order valence-corrected chi connectivity index (χ0v) is 9.63. The average molecular weight is 278 g/mol. The van der Waals surface area contributed by atoms with Crippen LogP contribution in [-0.4, -0.2) is 18.8 Å². The molecular weight excluding hydrogens is 263 g/mol. The first-order chi connectivity index (χ1) is 5.70. The van der Waals surface area contributed by atoms with E-state index >= 15 is 0 Å². The molecule has 0 rings (SSSR count). The van der Waals surface area contributed by atoms with Crippen LogP contribution in [0.5, 0.6) is 0 Å². The zero-order chi connectivity index (χ0) is 9.40. The van der Waals surface area contributed by atoms with Gasteiger partial charge in [-0.3, -0.25) is 0 Å². The van der Waals surface area contributed by atoms with Crippen LogP contribution in [0.2, 0.25) is 0 Å². The highest BCUT2D eigenvalue weighted by Crippen LogP contribution is 1.92. The first-order valence-corrected chi connectivity index (χ1v) is 5.15. The molecule has 12 heavy (non-hydrogen) atoms. The van der Waals surface area contributed by atoms with E-state index in [1.165, 1.54) is 6.21 Å². The molecule has 0 atom stereocenters. The van der Waals surface area contributed by atoms with E-state index in [9.17, 15) is 0 Å². The lowest BCUT2D eigenvalue weighted by Crippen LogP contribution is -2.25. The highest BCUT2D eigenvalue weighted by Gasteiger charge is 1.93.